The first kappa shape index (κ1) is 13.6. The van der Waals surface area contributed by atoms with Gasteiger partial charge in [0.2, 0.25) is 0 Å². The van der Waals surface area contributed by atoms with E-state index in [9.17, 15) is 0 Å². The Labute approximate surface area is 111 Å². The molecular weight excluding hydrogens is 222 g/mol. The first-order valence-corrected chi connectivity index (χ1v) is 7.08. The minimum atomic E-state index is 0.481. The molecule has 0 atom stereocenters. The van der Waals surface area contributed by atoms with Gasteiger partial charge in [0.15, 0.2) is 0 Å². The molecule has 0 heterocycles. The fraction of sp³-hybridized carbons (Fsp3) is 0.625. The van der Waals surface area contributed by atoms with Crippen LogP contribution in [0.5, 0.6) is 0 Å². The van der Waals surface area contributed by atoms with Crippen LogP contribution in [0.25, 0.3) is 0 Å². The van der Waals surface area contributed by atoms with Gasteiger partial charge in [-0.2, -0.15) is 0 Å². The van der Waals surface area contributed by atoms with E-state index in [1.54, 1.807) is 7.11 Å². The topological polar surface area (TPSA) is 21.3 Å². The van der Waals surface area contributed by atoms with Crippen LogP contribution in [-0.2, 0) is 11.2 Å². The first-order chi connectivity index (χ1) is 8.85. The van der Waals surface area contributed by atoms with E-state index < -0.39 is 0 Å². The zero-order valence-corrected chi connectivity index (χ0v) is 11.5. The maximum absolute atomic E-state index is 5.10. The molecule has 1 aromatic rings. The molecule has 0 saturated heterocycles. The van der Waals surface area contributed by atoms with Crippen LogP contribution in [-0.4, -0.2) is 26.8 Å². The fourth-order valence-electron chi connectivity index (χ4n) is 3.10. The van der Waals surface area contributed by atoms with E-state index in [0.717, 1.165) is 19.7 Å². The maximum Gasteiger partial charge on any atom is 0.0587 e. The first-order valence-electron chi connectivity index (χ1n) is 7.08. The number of ether oxygens (including phenoxy) is 1. The minimum absolute atomic E-state index is 0.481. The van der Waals surface area contributed by atoms with Gasteiger partial charge in [-0.05, 0) is 30.2 Å². The average molecular weight is 247 g/mol. The van der Waals surface area contributed by atoms with Gasteiger partial charge in [-0.15, -0.1) is 0 Å². The zero-order chi connectivity index (χ0) is 12.7. The molecule has 0 unspecified atom stereocenters. The van der Waals surface area contributed by atoms with Crippen LogP contribution >= 0.6 is 0 Å². The Balaban J connectivity index is 1.90. The van der Waals surface area contributed by atoms with Crippen molar-refractivity contribution in [3.8, 4) is 0 Å². The molecule has 0 bridgehead atoms. The van der Waals surface area contributed by atoms with Crippen molar-refractivity contribution in [3.63, 3.8) is 0 Å². The fourth-order valence-corrected chi connectivity index (χ4v) is 3.10. The smallest absolute Gasteiger partial charge is 0.0587 e. The summed E-state index contributed by atoms with van der Waals surface area (Å²) in [5.74, 6) is 0. The van der Waals surface area contributed by atoms with Crippen LogP contribution in [0.4, 0.5) is 0 Å². The minimum Gasteiger partial charge on any atom is -0.383 e. The van der Waals surface area contributed by atoms with E-state index in [1.807, 2.05) is 0 Å². The summed E-state index contributed by atoms with van der Waals surface area (Å²) >= 11 is 0. The molecule has 100 valence electrons. The van der Waals surface area contributed by atoms with Gasteiger partial charge in [-0.25, -0.2) is 0 Å². The van der Waals surface area contributed by atoms with Crippen molar-refractivity contribution in [1.82, 2.24) is 5.32 Å². The Kier molecular flexibility index (Phi) is 5.21. The third kappa shape index (κ3) is 3.82. The van der Waals surface area contributed by atoms with Gasteiger partial charge in [0.05, 0.1) is 6.61 Å². The number of methoxy groups -OCH3 is 1. The van der Waals surface area contributed by atoms with Crippen LogP contribution < -0.4 is 5.32 Å². The second kappa shape index (κ2) is 6.91. The lowest BCUT2D eigenvalue weighted by Gasteiger charge is -2.29. The van der Waals surface area contributed by atoms with Gasteiger partial charge >= 0.3 is 0 Å². The largest absolute Gasteiger partial charge is 0.383 e. The molecule has 1 aliphatic rings. The number of hydrogen-bond acceptors (Lipinski definition) is 2. The summed E-state index contributed by atoms with van der Waals surface area (Å²) in [6.45, 7) is 2.90. The van der Waals surface area contributed by atoms with Crippen LogP contribution in [0.15, 0.2) is 30.3 Å². The highest BCUT2D eigenvalue weighted by Crippen LogP contribution is 2.40. The molecule has 0 aliphatic heterocycles. The predicted octanol–water partition coefficient (Wildman–Crippen LogP) is 3.03. The van der Waals surface area contributed by atoms with Gasteiger partial charge in [0.1, 0.15) is 0 Å². The van der Waals surface area contributed by atoms with Crippen molar-refractivity contribution >= 4 is 0 Å². The summed E-state index contributed by atoms with van der Waals surface area (Å²) in [5, 5.41) is 3.56. The van der Waals surface area contributed by atoms with Gasteiger partial charge in [0.25, 0.3) is 0 Å². The summed E-state index contributed by atoms with van der Waals surface area (Å²) in [6, 6.07) is 10.9. The highest BCUT2D eigenvalue weighted by molar-refractivity contribution is 5.17. The quantitative estimate of drug-likeness (QED) is 0.748. The summed E-state index contributed by atoms with van der Waals surface area (Å²) in [7, 11) is 1.76. The van der Waals surface area contributed by atoms with E-state index in [1.165, 1.54) is 37.7 Å². The van der Waals surface area contributed by atoms with Crippen LogP contribution in [0.2, 0.25) is 0 Å². The Morgan fingerprint density at radius 2 is 1.89 bits per heavy atom. The second-order valence-electron chi connectivity index (χ2n) is 5.54. The number of nitrogens with one attached hydrogen (secondary N) is 1. The molecule has 18 heavy (non-hydrogen) atoms. The Morgan fingerprint density at radius 1 is 1.17 bits per heavy atom. The molecule has 2 heteroatoms. The van der Waals surface area contributed by atoms with Crippen molar-refractivity contribution in [1.29, 1.82) is 0 Å². The van der Waals surface area contributed by atoms with Gasteiger partial charge in [0, 0.05) is 20.2 Å². The molecule has 1 N–H and O–H groups in total. The van der Waals surface area contributed by atoms with Crippen LogP contribution in [0.1, 0.15) is 31.2 Å². The van der Waals surface area contributed by atoms with E-state index in [-0.39, 0.29) is 0 Å². The normalized spacial score (nSPS) is 18.1. The molecule has 1 fully saturated rings. The third-order valence-corrected chi connectivity index (χ3v) is 4.07. The van der Waals surface area contributed by atoms with E-state index >= 15 is 0 Å². The maximum atomic E-state index is 5.10. The van der Waals surface area contributed by atoms with Crippen molar-refractivity contribution in [2.45, 2.75) is 32.1 Å². The molecular formula is C16H25NO. The zero-order valence-electron chi connectivity index (χ0n) is 11.5. The molecule has 1 aliphatic carbocycles. The lowest BCUT2D eigenvalue weighted by atomic mass is 9.80. The molecule has 2 rings (SSSR count). The number of rotatable bonds is 7. The van der Waals surface area contributed by atoms with Crippen molar-refractivity contribution in [2.75, 3.05) is 26.8 Å². The summed E-state index contributed by atoms with van der Waals surface area (Å²) in [6.07, 6.45) is 6.72. The highest BCUT2D eigenvalue weighted by Gasteiger charge is 2.33. The monoisotopic (exact) mass is 247 g/mol. The number of benzene rings is 1. The predicted molar refractivity (Wildman–Crippen MR) is 75.8 cm³/mol. The summed E-state index contributed by atoms with van der Waals surface area (Å²) in [5.41, 5.74) is 1.96. The molecule has 1 aromatic carbocycles. The van der Waals surface area contributed by atoms with Gasteiger partial charge in [-0.1, -0.05) is 43.2 Å². The lowest BCUT2D eigenvalue weighted by molar-refractivity contribution is 0.190. The average Bonchev–Trinajstić information content (AvgIpc) is 2.85. The second-order valence-corrected chi connectivity index (χ2v) is 5.54. The standard InChI is InChI=1S/C16H25NO/c1-18-12-11-17-14-16(9-5-6-10-16)13-15-7-3-2-4-8-15/h2-4,7-8,17H,5-6,9-14H2,1H3. The molecule has 0 spiro atoms. The highest BCUT2D eigenvalue weighted by atomic mass is 16.5. The molecule has 1 saturated carbocycles. The number of hydrogen-bond donors (Lipinski definition) is 1. The Bertz CT molecular complexity index is 330. The van der Waals surface area contributed by atoms with E-state index in [4.69, 9.17) is 4.74 Å². The van der Waals surface area contributed by atoms with Crippen molar-refractivity contribution < 1.29 is 4.74 Å². The van der Waals surface area contributed by atoms with Crippen LogP contribution in [0, 0.1) is 5.41 Å². The molecule has 2 nitrogen and oxygen atoms in total. The van der Waals surface area contributed by atoms with Crippen molar-refractivity contribution in [3.05, 3.63) is 35.9 Å². The summed E-state index contributed by atoms with van der Waals surface area (Å²) in [4.78, 5) is 0. The van der Waals surface area contributed by atoms with Crippen LogP contribution in [0.3, 0.4) is 0 Å². The summed E-state index contributed by atoms with van der Waals surface area (Å²) < 4.78 is 5.10. The van der Waals surface area contributed by atoms with E-state index in [0.29, 0.717) is 5.41 Å². The van der Waals surface area contributed by atoms with Gasteiger partial charge < -0.3 is 10.1 Å². The van der Waals surface area contributed by atoms with E-state index in [2.05, 4.69) is 35.6 Å². The SMILES string of the molecule is COCCNCC1(Cc2ccccc2)CCCC1. The molecule has 0 radical (unpaired) electrons. The third-order valence-electron chi connectivity index (χ3n) is 4.07. The molecule has 0 amide bonds. The lowest BCUT2D eigenvalue weighted by Crippen LogP contribution is -2.35. The molecule has 0 aromatic heterocycles. The Hall–Kier alpha value is -0.860. The Morgan fingerprint density at radius 3 is 2.56 bits per heavy atom. The van der Waals surface area contributed by atoms with Crippen molar-refractivity contribution in [2.24, 2.45) is 5.41 Å². The van der Waals surface area contributed by atoms with Gasteiger partial charge in [-0.3, -0.25) is 0 Å².